The lowest BCUT2D eigenvalue weighted by Crippen LogP contribution is -1.99. The molecule has 1 rings (SSSR count). The summed E-state index contributed by atoms with van der Waals surface area (Å²) in [4.78, 5) is 0.296. The van der Waals surface area contributed by atoms with Crippen molar-refractivity contribution >= 4 is 9.84 Å². The maximum absolute atomic E-state index is 11.2. The molecule has 0 spiro atoms. The highest BCUT2D eigenvalue weighted by Crippen LogP contribution is 2.16. The Morgan fingerprint density at radius 1 is 1.33 bits per heavy atom. The van der Waals surface area contributed by atoms with Crippen molar-refractivity contribution < 1.29 is 13.2 Å². The van der Waals surface area contributed by atoms with Crippen LogP contribution in [-0.2, 0) is 9.84 Å². The summed E-state index contributed by atoms with van der Waals surface area (Å²) in [6, 6.07) is 6.34. The van der Waals surface area contributed by atoms with Gasteiger partial charge in [0, 0.05) is 6.26 Å². The molecular formula is C11H14O3S. The molecule has 0 aliphatic rings. The molecule has 4 heteroatoms. The Kier molecular flexibility index (Phi) is 3.52. The summed E-state index contributed by atoms with van der Waals surface area (Å²) in [6.45, 7) is 6.01. The molecule has 0 saturated carbocycles. The molecule has 0 fully saturated rings. The van der Waals surface area contributed by atoms with Gasteiger partial charge in [-0.2, -0.15) is 0 Å². The molecule has 0 bridgehead atoms. The molecule has 0 amide bonds. The van der Waals surface area contributed by atoms with Gasteiger partial charge in [-0.3, -0.25) is 0 Å². The Balaban J connectivity index is 2.77. The average molecular weight is 226 g/mol. The highest BCUT2D eigenvalue weighted by molar-refractivity contribution is 7.90. The molecule has 3 nitrogen and oxygen atoms in total. The Hall–Kier alpha value is -1.29. The minimum Gasteiger partial charge on any atom is -0.489 e. The molecule has 0 heterocycles. The average Bonchev–Trinajstić information content (AvgIpc) is 2.14. The highest BCUT2D eigenvalue weighted by Gasteiger charge is 2.05. The van der Waals surface area contributed by atoms with E-state index in [2.05, 4.69) is 6.58 Å². The van der Waals surface area contributed by atoms with Crippen molar-refractivity contribution in [2.24, 2.45) is 0 Å². The molecule has 1 aromatic carbocycles. The van der Waals surface area contributed by atoms with Crippen molar-refractivity contribution in [3.63, 3.8) is 0 Å². The van der Waals surface area contributed by atoms with Crippen LogP contribution >= 0.6 is 0 Å². The highest BCUT2D eigenvalue weighted by atomic mass is 32.2. The van der Waals surface area contributed by atoms with Gasteiger partial charge in [0.2, 0.25) is 0 Å². The van der Waals surface area contributed by atoms with E-state index in [0.717, 1.165) is 5.57 Å². The van der Waals surface area contributed by atoms with Crippen molar-refractivity contribution in [3.05, 3.63) is 36.4 Å². The zero-order valence-electron chi connectivity index (χ0n) is 8.86. The second kappa shape index (κ2) is 4.49. The fourth-order valence-electron chi connectivity index (χ4n) is 0.990. The third kappa shape index (κ3) is 3.75. The van der Waals surface area contributed by atoms with Crippen LogP contribution in [-0.4, -0.2) is 21.3 Å². The molecule has 0 aliphatic carbocycles. The van der Waals surface area contributed by atoms with Crippen molar-refractivity contribution in [2.45, 2.75) is 11.8 Å². The summed E-state index contributed by atoms with van der Waals surface area (Å²) in [7, 11) is -3.12. The second-order valence-electron chi connectivity index (χ2n) is 3.49. The zero-order valence-corrected chi connectivity index (χ0v) is 9.67. The Morgan fingerprint density at radius 3 is 2.27 bits per heavy atom. The van der Waals surface area contributed by atoms with E-state index in [-0.39, 0.29) is 0 Å². The summed E-state index contributed by atoms with van der Waals surface area (Å²) >= 11 is 0. The van der Waals surface area contributed by atoms with E-state index in [1.807, 2.05) is 6.92 Å². The van der Waals surface area contributed by atoms with Gasteiger partial charge in [0.05, 0.1) is 4.90 Å². The lowest BCUT2D eigenvalue weighted by atomic mass is 10.3. The predicted octanol–water partition coefficient (Wildman–Crippen LogP) is 2.04. The third-order valence-corrected chi connectivity index (χ3v) is 2.87. The van der Waals surface area contributed by atoms with Crippen LogP contribution in [0, 0.1) is 0 Å². The smallest absolute Gasteiger partial charge is 0.175 e. The maximum Gasteiger partial charge on any atom is 0.175 e. The van der Waals surface area contributed by atoms with Crippen LogP contribution < -0.4 is 4.74 Å². The van der Waals surface area contributed by atoms with E-state index in [9.17, 15) is 8.42 Å². The van der Waals surface area contributed by atoms with Gasteiger partial charge in [-0.1, -0.05) is 6.58 Å². The first-order valence-electron chi connectivity index (χ1n) is 4.47. The lowest BCUT2D eigenvalue weighted by Gasteiger charge is -2.05. The molecule has 1 aromatic rings. The summed E-state index contributed by atoms with van der Waals surface area (Å²) in [5.41, 5.74) is 0.919. The minimum absolute atomic E-state index is 0.296. The lowest BCUT2D eigenvalue weighted by molar-refractivity contribution is 0.352. The van der Waals surface area contributed by atoms with Gasteiger partial charge in [0.1, 0.15) is 12.4 Å². The summed E-state index contributed by atoms with van der Waals surface area (Å²) < 4.78 is 27.7. The molecule has 0 unspecified atom stereocenters. The third-order valence-electron chi connectivity index (χ3n) is 1.74. The topological polar surface area (TPSA) is 43.4 Å². The van der Waals surface area contributed by atoms with Gasteiger partial charge >= 0.3 is 0 Å². The quantitative estimate of drug-likeness (QED) is 0.738. The Morgan fingerprint density at radius 2 is 1.87 bits per heavy atom. The monoisotopic (exact) mass is 226 g/mol. The van der Waals surface area contributed by atoms with Crippen molar-refractivity contribution in [2.75, 3.05) is 12.9 Å². The van der Waals surface area contributed by atoms with Crippen molar-refractivity contribution in [1.82, 2.24) is 0 Å². The van der Waals surface area contributed by atoms with E-state index in [0.29, 0.717) is 17.3 Å². The van der Waals surface area contributed by atoms with Gasteiger partial charge in [0.25, 0.3) is 0 Å². The van der Waals surface area contributed by atoms with E-state index in [1.165, 1.54) is 18.4 Å². The second-order valence-corrected chi connectivity index (χ2v) is 5.51. The predicted molar refractivity (Wildman–Crippen MR) is 59.9 cm³/mol. The fourth-order valence-corrected chi connectivity index (χ4v) is 1.62. The summed E-state index contributed by atoms with van der Waals surface area (Å²) in [6.07, 6.45) is 1.18. The molecule has 0 saturated heterocycles. The van der Waals surface area contributed by atoms with Crippen LogP contribution in [0.1, 0.15) is 6.92 Å². The first-order valence-corrected chi connectivity index (χ1v) is 6.36. The van der Waals surface area contributed by atoms with Crippen molar-refractivity contribution in [3.8, 4) is 5.75 Å². The minimum atomic E-state index is -3.12. The van der Waals surface area contributed by atoms with Gasteiger partial charge in [-0.15, -0.1) is 0 Å². The summed E-state index contributed by atoms with van der Waals surface area (Å²) in [5.74, 6) is 0.644. The molecule has 15 heavy (non-hydrogen) atoms. The molecular weight excluding hydrogens is 212 g/mol. The summed E-state index contributed by atoms with van der Waals surface area (Å²) in [5, 5.41) is 0. The van der Waals surface area contributed by atoms with Crippen LogP contribution in [0.2, 0.25) is 0 Å². The molecule has 0 aromatic heterocycles. The molecule has 82 valence electrons. The first-order chi connectivity index (χ1) is 6.89. The van der Waals surface area contributed by atoms with E-state index >= 15 is 0 Å². The Labute approximate surface area is 90.3 Å². The van der Waals surface area contributed by atoms with Crippen LogP contribution in [0.3, 0.4) is 0 Å². The molecule has 0 radical (unpaired) electrons. The van der Waals surface area contributed by atoms with Gasteiger partial charge in [0.15, 0.2) is 9.84 Å². The number of hydrogen-bond donors (Lipinski definition) is 0. The number of benzene rings is 1. The maximum atomic E-state index is 11.2. The number of ether oxygens (including phenoxy) is 1. The number of hydrogen-bond acceptors (Lipinski definition) is 3. The molecule has 0 N–H and O–H groups in total. The fraction of sp³-hybridized carbons (Fsp3) is 0.273. The van der Waals surface area contributed by atoms with Crippen molar-refractivity contribution in [1.29, 1.82) is 0 Å². The standard InChI is InChI=1S/C11H14O3S/c1-9(2)8-14-10-4-6-11(7-5-10)15(3,12)13/h4-7H,1,8H2,2-3H3. The largest absolute Gasteiger partial charge is 0.489 e. The Bertz CT molecular complexity index is 443. The van der Waals surface area contributed by atoms with Crippen LogP contribution in [0.5, 0.6) is 5.75 Å². The van der Waals surface area contributed by atoms with Gasteiger partial charge < -0.3 is 4.74 Å². The SMILES string of the molecule is C=C(C)COc1ccc(S(C)(=O)=O)cc1. The number of sulfone groups is 1. The van der Waals surface area contributed by atoms with E-state index < -0.39 is 9.84 Å². The van der Waals surface area contributed by atoms with E-state index in [1.54, 1.807) is 12.1 Å². The van der Waals surface area contributed by atoms with Crippen LogP contribution in [0.4, 0.5) is 0 Å². The van der Waals surface area contributed by atoms with Crippen LogP contribution in [0.15, 0.2) is 41.3 Å². The van der Waals surface area contributed by atoms with E-state index in [4.69, 9.17) is 4.74 Å². The molecule has 0 aliphatic heterocycles. The van der Waals surface area contributed by atoms with Gasteiger partial charge in [-0.05, 0) is 36.8 Å². The van der Waals surface area contributed by atoms with Gasteiger partial charge in [-0.25, -0.2) is 8.42 Å². The normalized spacial score (nSPS) is 11.1. The first kappa shape index (κ1) is 11.8. The molecule has 0 atom stereocenters. The number of rotatable bonds is 4. The zero-order chi connectivity index (χ0) is 11.5. The van der Waals surface area contributed by atoms with Crippen LogP contribution in [0.25, 0.3) is 0 Å².